The Balaban J connectivity index is -0.000000163. The number of rotatable bonds is 4. The van der Waals surface area contributed by atoms with Gasteiger partial charge in [0.25, 0.3) is 0 Å². The number of aliphatic hydroxyl groups excluding tert-OH is 2. The van der Waals surface area contributed by atoms with Gasteiger partial charge in [0.15, 0.2) is 0 Å². The number of hydrogen-bond donors (Lipinski definition) is 2. The zero-order valence-corrected chi connectivity index (χ0v) is 11.7. The van der Waals surface area contributed by atoms with Crippen LogP contribution >= 0.6 is 0 Å². The Kier molecular flexibility index (Phi) is 17.2. The zero-order chi connectivity index (χ0) is 10.9. The van der Waals surface area contributed by atoms with Crippen LogP contribution in [0.3, 0.4) is 0 Å². The second-order valence-electron chi connectivity index (χ2n) is 2.70. The Hall–Kier alpha value is 0.830. The van der Waals surface area contributed by atoms with Crippen LogP contribution in [0, 0.1) is 0 Å². The molecule has 0 saturated heterocycles. The molecule has 0 heterocycles. The van der Waals surface area contributed by atoms with Gasteiger partial charge in [-0.05, 0) is 26.7 Å². The van der Waals surface area contributed by atoms with Crippen LogP contribution in [-0.2, 0) is 10.1 Å². The zero-order valence-electron chi connectivity index (χ0n) is 8.93. The van der Waals surface area contributed by atoms with Crippen molar-refractivity contribution in [3.05, 3.63) is 0 Å². The maximum absolute atomic E-state index is 9.78. The minimum Gasteiger partial charge on any atom is -0.748 e. The third kappa shape index (κ3) is 18.6. The van der Waals surface area contributed by atoms with Crippen molar-refractivity contribution in [3.63, 3.8) is 0 Å². The third-order valence-electron chi connectivity index (χ3n) is 1.14. The minimum absolute atomic E-state index is 0. The van der Waals surface area contributed by atoms with Crippen molar-refractivity contribution in [2.75, 3.05) is 13.2 Å². The van der Waals surface area contributed by atoms with E-state index in [2.05, 4.69) is 0 Å². The average molecular weight is 236 g/mol. The minimum atomic E-state index is -3.99. The molecule has 14 heavy (non-hydrogen) atoms. The molecular formula is C7H17NaO5S. The van der Waals surface area contributed by atoms with Crippen molar-refractivity contribution in [1.82, 2.24) is 0 Å². The van der Waals surface area contributed by atoms with Gasteiger partial charge >= 0.3 is 29.6 Å². The van der Waals surface area contributed by atoms with E-state index in [0.29, 0.717) is 0 Å². The van der Waals surface area contributed by atoms with Crippen LogP contribution in [0.2, 0.25) is 0 Å². The fourth-order valence-corrected chi connectivity index (χ4v) is 0.224. The summed E-state index contributed by atoms with van der Waals surface area (Å²) in [5.41, 5.74) is 0. The Labute approximate surface area is 108 Å². The topological polar surface area (TPSA) is 97.7 Å². The molecule has 0 atom stereocenters. The molecule has 82 valence electrons. The molecule has 0 rings (SSSR count). The van der Waals surface area contributed by atoms with Gasteiger partial charge in [-0.2, -0.15) is 0 Å². The molecule has 5 nitrogen and oxygen atoms in total. The van der Waals surface area contributed by atoms with Gasteiger partial charge in [0.05, 0.1) is 10.1 Å². The first-order valence-electron chi connectivity index (χ1n) is 4.02. The van der Waals surface area contributed by atoms with E-state index in [1.165, 1.54) is 13.8 Å². The Morgan fingerprint density at radius 3 is 1.43 bits per heavy atom. The van der Waals surface area contributed by atoms with Crippen molar-refractivity contribution in [2.24, 2.45) is 0 Å². The molecule has 0 unspecified atom stereocenters. The fourth-order valence-electron chi connectivity index (χ4n) is 0.224. The molecule has 0 saturated carbocycles. The van der Waals surface area contributed by atoms with Crippen LogP contribution in [0.1, 0.15) is 26.7 Å². The van der Waals surface area contributed by atoms with Gasteiger partial charge in [0.1, 0.15) is 0 Å². The summed E-state index contributed by atoms with van der Waals surface area (Å²) >= 11 is 0. The second-order valence-corrected chi connectivity index (χ2v) is 4.62. The molecule has 7 heteroatoms. The van der Waals surface area contributed by atoms with E-state index in [1.54, 1.807) is 0 Å². The van der Waals surface area contributed by atoms with Gasteiger partial charge in [-0.15, -0.1) is 0 Å². The van der Waals surface area contributed by atoms with Gasteiger partial charge in [-0.1, -0.05) is 0 Å². The van der Waals surface area contributed by atoms with Crippen molar-refractivity contribution < 1.29 is 52.7 Å². The smallest absolute Gasteiger partial charge is 0.748 e. The first-order valence-corrected chi connectivity index (χ1v) is 5.49. The Bertz CT molecular complexity index is 186. The molecule has 0 aromatic heterocycles. The summed E-state index contributed by atoms with van der Waals surface area (Å²) in [7, 11) is -3.99. The van der Waals surface area contributed by atoms with E-state index in [0.717, 1.165) is 12.8 Å². The second kappa shape index (κ2) is 11.9. The largest absolute Gasteiger partial charge is 1.00 e. The van der Waals surface area contributed by atoms with Crippen LogP contribution in [0.25, 0.3) is 0 Å². The monoisotopic (exact) mass is 236 g/mol. The van der Waals surface area contributed by atoms with Crippen LogP contribution in [0.15, 0.2) is 0 Å². The summed E-state index contributed by atoms with van der Waals surface area (Å²) in [5.74, 6) is 0. The molecule has 0 aliphatic carbocycles. The fraction of sp³-hybridized carbons (Fsp3) is 1.00. The van der Waals surface area contributed by atoms with Gasteiger partial charge in [0.2, 0.25) is 0 Å². The normalized spacial score (nSPS) is 10.1. The summed E-state index contributed by atoms with van der Waals surface area (Å²) in [6.45, 7) is 3.09. The Morgan fingerprint density at radius 2 is 1.36 bits per heavy atom. The summed E-state index contributed by atoms with van der Waals surface area (Å²) in [6, 6.07) is 0. The molecule has 0 aliphatic heterocycles. The quantitative estimate of drug-likeness (QED) is 0.303. The van der Waals surface area contributed by atoms with Gasteiger partial charge in [0, 0.05) is 18.5 Å². The van der Waals surface area contributed by atoms with E-state index in [-0.39, 0.29) is 42.8 Å². The van der Waals surface area contributed by atoms with Crippen LogP contribution in [0.4, 0.5) is 0 Å². The third-order valence-corrected chi connectivity index (χ3v) is 2.30. The maximum atomic E-state index is 9.78. The maximum Gasteiger partial charge on any atom is 1.00 e. The van der Waals surface area contributed by atoms with Crippen LogP contribution in [-0.4, -0.2) is 41.6 Å². The number of hydrogen-bond acceptors (Lipinski definition) is 5. The predicted octanol–water partition coefficient (Wildman–Crippen LogP) is -3.30. The van der Waals surface area contributed by atoms with Gasteiger partial charge in [-0.3, -0.25) is 0 Å². The summed E-state index contributed by atoms with van der Waals surface area (Å²) < 4.78 is 29.3. The van der Waals surface area contributed by atoms with E-state index in [1.807, 2.05) is 0 Å². The van der Waals surface area contributed by atoms with E-state index in [4.69, 9.17) is 10.2 Å². The first-order chi connectivity index (χ1) is 5.86. The van der Waals surface area contributed by atoms with Crippen LogP contribution in [0.5, 0.6) is 0 Å². The number of unbranched alkanes of at least 4 members (excludes halogenated alkanes) is 1. The van der Waals surface area contributed by atoms with Crippen molar-refractivity contribution in [1.29, 1.82) is 0 Å². The average Bonchev–Trinajstić information content (AvgIpc) is 2.00. The van der Waals surface area contributed by atoms with Crippen molar-refractivity contribution in [2.45, 2.75) is 31.9 Å². The molecule has 0 fully saturated rings. The summed E-state index contributed by atoms with van der Waals surface area (Å²) in [5, 5.41) is 15.4. The molecule has 0 amide bonds. The molecular weight excluding hydrogens is 219 g/mol. The van der Waals surface area contributed by atoms with E-state index < -0.39 is 15.4 Å². The molecule has 2 N–H and O–H groups in total. The molecule has 0 radical (unpaired) electrons. The van der Waals surface area contributed by atoms with E-state index in [9.17, 15) is 13.0 Å². The van der Waals surface area contributed by atoms with E-state index >= 15 is 0 Å². The van der Waals surface area contributed by atoms with Crippen molar-refractivity contribution in [3.8, 4) is 0 Å². The molecule has 0 aliphatic rings. The summed E-state index contributed by atoms with van der Waals surface area (Å²) in [6.07, 6.45) is 1.44. The molecule has 0 aromatic carbocycles. The van der Waals surface area contributed by atoms with Gasteiger partial charge in [-0.25, -0.2) is 8.42 Å². The standard InChI is InChI=1S/C4H10O2.C3H8O3S.Na/c5-3-1-2-4-6;1-3(2)7(4,5)6;/h5-6H,1-4H2;3H,1-2H3,(H,4,5,6);/q;;+1/p-1. The van der Waals surface area contributed by atoms with Gasteiger partial charge < -0.3 is 14.8 Å². The molecule has 0 aromatic rings. The van der Waals surface area contributed by atoms with Crippen LogP contribution < -0.4 is 29.6 Å². The van der Waals surface area contributed by atoms with Crippen molar-refractivity contribution >= 4 is 10.1 Å². The Morgan fingerprint density at radius 1 is 1.14 bits per heavy atom. The first kappa shape index (κ1) is 20.3. The predicted molar refractivity (Wildman–Crippen MR) is 48.2 cm³/mol. The number of aliphatic hydroxyl groups is 2. The molecule has 0 spiro atoms. The SMILES string of the molecule is CC(C)S(=O)(=O)[O-].OCCCCO.[Na+]. The molecule has 0 bridgehead atoms. The summed E-state index contributed by atoms with van der Waals surface area (Å²) in [4.78, 5) is 0.